The molecule has 0 saturated heterocycles. The summed E-state index contributed by atoms with van der Waals surface area (Å²) < 4.78 is 7.82. The average Bonchev–Trinajstić information content (AvgIpc) is 3.39. The number of thioether (sulfide) groups is 1. The van der Waals surface area contributed by atoms with Crippen LogP contribution in [0.1, 0.15) is 49.3 Å². The van der Waals surface area contributed by atoms with Gasteiger partial charge >= 0.3 is 0 Å². The quantitative estimate of drug-likeness (QED) is 0.512. The van der Waals surface area contributed by atoms with Crippen LogP contribution in [0, 0.1) is 18.3 Å². The van der Waals surface area contributed by atoms with E-state index in [0.29, 0.717) is 12.5 Å². The first-order valence-electron chi connectivity index (χ1n) is 9.85. The van der Waals surface area contributed by atoms with E-state index in [1.807, 2.05) is 12.1 Å². The fraction of sp³-hybridized carbons (Fsp3) is 0.409. The fourth-order valence-electron chi connectivity index (χ4n) is 3.78. The monoisotopic (exact) mass is 392 g/mol. The van der Waals surface area contributed by atoms with Crippen molar-refractivity contribution in [2.24, 2.45) is 0 Å². The number of nitrogens with zero attached hydrogens (tertiary/aromatic N) is 4. The molecule has 0 N–H and O–H groups in total. The lowest BCUT2D eigenvalue weighted by atomic mass is 9.95. The SMILES string of the molecule is Cc1ccc(C[C@@H](C#N)Sc2nnc(-c3ccco3)n2C2CCCCC2)cc1. The van der Waals surface area contributed by atoms with Crippen LogP contribution in [0.5, 0.6) is 0 Å². The summed E-state index contributed by atoms with van der Waals surface area (Å²) >= 11 is 1.51. The van der Waals surface area contributed by atoms with Gasteiger partial charge in [0.15, 0.2) is 10.9 Å². The second-order valence-corrected chi connectivity index (χ2v) is 8.54. The third-order valence-corrected chi connectivity index (χ3v) is 6.33. The molecule has 0 aliphatic heterocycles. The molecule has 0 amide bonds. The summed E-state index contributed by atoms with van der Waals surface area (Å²) in [6.07, 6.45) is 8.31. The molecule has 2 heterocycles. The number of rotatable bonds is 6. The Balaban J connectivity index is 1.61. The standard InChI is InChI=1S/C22H24N4OS/c1-16-9-11-17(12-10-16)14-19(15-23)28-22-25-24-21(20-8-5-13-27-20)26(22)18-6-3-2-4-7-18/h5,8-13,18-19H,2-4,6-7,14H2,1H3/t19-/m0/s1. The topological polar surface area (TPSA) is 67.6 Å². The molecule has 0 radical (unpaired) electrons. The van der Waals surface area contributed by atoms with E-state index in [-0.39, 0.29) is 5.25 Å². The number of hydrogen-bond donors (Lipinski definition) is 0. The van der Waals surface area contributed by atoms with Crippen molar-refractivity contribution in [3.05, 3.63) is 53.8 Å². The minimum atomic E-state index is -0.210. The van der Waals surface area contributed by atoms with Gasteiger partial charge in [0.1, 0.15) is 5.25 Å². The van der Waals surface area contributed by atoms with Crippen molar-refractivity contribution in [1.82, 2.24) is 14.8 Å². The van der Waals surface area contributed by atoms with E-state index in [1.165, 1.54) is 42.2 Å². The van der Waals surface area contributed by atoms with E-state index < -0.39 is 0 Å². The van der Waals surface area contributed by atoms with Gasteiger partial charge in [0, 0.05) is 6.04 Å². The van der Waals surface area contributed by atoms with Crippen molar-refractivity contribution in [3.8, 4) is 17.7 Å². The second kappa shape index (κ2) is 8.66. The van der Waals surface area contributed by atoms with Gasteiger partial charge < -0.3 is 4.42 Å². The van der Waals surface area contributed by atoms with Crippen LogP contribution in [0.2, 0.25) is 0 Å². The van der Waals surface area contributed by atoms with Crippen molar-refractivity contribution >= 4 is 11.8 Å². The lowest BCUT2D eigenvalue weighted by Gasteiger charge is -2.25. The van der Waals surface area contributed by atoms with Crippen LogP contribution >= 0.6 is 11.8 Å². The Bertz CT molecular complexity index is 934. The van der Waals surface area contributed by atoms with E-state index in [0.717, 1.165) is 29.6 Å². The van der Waals surface area contributed by atoms with Crippen molar-refractivity contribution in [2.75, 3.05) is 0 Å². The van der Waals surface area contributed by atoms with Crippen LogP contribution in [0.15, 0.2) is 52.2 Å². The third-order valence-electron chi connectivity index (χ3n) is 5.28. The van der Waals surface area contributed by atoms with E-state index in [2.05, 4.69) is 52.0 Å². The highest BCUT2D eigenvalue weighted by Gasteiger charge is 2.26. The average molecular weight is 393 g/mol. The normalized spacial score (nSPS) is 16.0. The van der Waals surface area contributed by atoms with Gasteiger partial charge in [0.05, 0.1) is 12.3 Å². The van der Waals surface area contributed by atoms with Gasteiger partial charge in [-0.1, -0.05) is 60.9 Å². The van der Waals surface area contributed by atoms with E-state index >= 15 is 0 Å². The van der Waals surface area contributed by atoms with Gasteiger partial charge in [-0.3, -0.25) is 4.57 Å². The minimum Gasteiger partial charge on any atom is -0.461 e. The van der Waals surface area contributed by atoms with Gasteiger partial charge in [0.2, 0.25) is 5.82 Å². The van der Waals surface area contributed by atoms with Crippen molar-refractivity contribution in [2.45, 2.75) is 61.9 Å². The fourth-order valence-corrected chi connectivity index (χ4v) is 4.80. The van der Waals surface area contributed by atoms with Gasteiger partial charge in [-0.15, -0.1) is 10.2 Å². The zero-order valence-corrected chi connectivity index (χ0v) is 16.9. The van der Waals surface area contributed by atoms with Crippen LogP contribution in [0.4, 0.5) is 0 Å². The van der Waals surface area contributed by atoms with Crippen molar-refractivity contribution in [3.63, 3.8) is 0 Å². The maximum absolute atomic E-state index is 9.75. The highest BCUT2D eigenvalue weighted by Crippen LogP contribution is 2.37. The first-order valence-corrected chi connectivity index (χ1v) is 10.7. The maximum Gasteiger partial charge on any atom is 0.200 e. The summed E-state index contributed by atoms with van der Waals surface area (Å²) in [5, 5.41) is 19.2. The Labute approximate surface area is 169 Å². The number of benzene rings is 1. The van der Waals surface area contributed by atoms with Crippen molar-refractivity contribution in [1.29, 1.82) is 5.26 Å². The minimum absolute atomic E-state index is 0.210. The molecule has 1 saturated carbocycles. The zero-order valence-electron chi connectivity index (χ0n) is 16.0. The van der Waals surface area contributed by atoms with E-state index in [9.17, 15) is 5.26 Å². The number of aryl methyl sites for hydroxylation is 1. The summed E-state index contributed by atoms with van der Waals surface area (Å²) in [4.78, 5) is 0. The second-order valence-electron chi connectivity index (χ2n) is 7.37. The summed E-state index contributed by atoms with van der Waals surface area (Å²) in [5.41, 5.74) is 2.39. The molecule has 1 fully saturated rings. The Hall–Kier alpha value is -2.52. The predicted octanol–water partition coefficient (Wildman–Crippen LogP) is 5.58. The highest BCUT2D eigenvalue weighted by molar-refractivity contribution is 8.00. The molecule has 1 atom stereocenters. The molecule has 1 aromatic carbocycles. The zero-order chi connectivity index (χ0) is 19.3. The summed E-state index contributed by atoms with van der Waals surface area (Å²) in [5.74, 6) is 1.50. The summed E-state index contributed by atoms with van der Waals surface area (Å²) in [6, 6.07) is 15.0. The molecule has 144 valence electrons. The van der Waals surface area contributed by atoms with E-state index in [1.54, 1.807) is 6.26 Å². The lowest BCUT2D eigenvalue weighted by molar-refractivity contribution is 0.337. The Kier molecular flexibility index (Phi) is 5.82. The lowest BCUT2D eigenvalue weighted by Crippen LogP contribution is -2.16. The van der Waals surface area contributed by atoms with Crippen LogP contribution in [-0.2, 0) is 6.42 Å². The Morgan fingerprint density at radius 1 is 1.18 bits per heavy atom. The molecule has 3 aromatic rings. The molecule has 0 unspecified atom stereocenters. The Morgan fingerprint density at radius 3 is 2.64 bits per heavy atom. The first-order chi connectivity index (χ1) is 13.7. The molecule has 2 aromatic heterocycles. The largest absolute Gasteiger partial charge is 0.461 e. The molecular weight excluding hydrogens is 368 g/mol. The number of hydrogen-bond acceptors (Lipinski definition) is 5. The number of aromatic nitrogens is 3. The smallest absolute Gasteiger partial charge is 0.200 e. The van der Waals surface area contributed by atoms with Gasteiger partial charge in [0.25, 0.3) is 0 Å². The third kappa shape index (κ3) is 4.15. The molecular formula is C22H24N4OS. The Morgan fingerprint density at radius 2 is 1.96 bits per heavy atom. The predicted molar refractivity (Wildman–Crippen MR) is 110 cm³/mol. The number of furan rings is 1. The maximum atomic E-state index is 9.75. The van der Waals surface area contributed by atoms with Crippen LogP contribution in [-0.4, -0.2) is 20.0 Å². The highest BCUT2D eigenvalue weighted by atomic mass is 32.2. The van der Waals surface area contributed by atoms with Crippen LogP contribution in [0.25, 0.3) is 11.6 Å². The molecule has 28 heavy (non-hydrogen) atoms. The summed E-state index contributed by atoms with van der Waals surface area (Å²) in [7, 11) is 0. The van der Waals surface area contributed by atoms with E-state index in [4.69, 9.17) is 4.42 Å². The van der Waals surface area contributed by atoms with Crippen molar-refractivity contribution < 1.29 is 4.42 Å². The molecule has 0 bridgehead atoms. The first kappa shape index (κ1) is 18.8. The molecule has 5 nitrogen and oxygen atoms in total. The van der Waals surface area contributed by atoms with Gasteiger partial charge in [-0.25, -0.2) is 0 Å². The molecule has 0 spiro atoms. The van der Waals surface area contributed by atoms with Gasteiger partial charge in [-0.2, -0.15) is 5.26 Å². The van der Waals surface area contributed by atoms with Crippen LogP contribution in [0.3, 0.4) is 0 Å². The molecule has 6 heteroatoms. The number of nitriles is 1. The molecule has 1 aliphatic carbocycles. The van der Waals surface area contributed by atoms with Gasteiger partial charge in [-0.05, 0) is 43.9 Å². The molecule has 4 rings (SSSR count). The van der Waals surface area contributed by atoms with Crippen LogP contribution < -0.4 is 0 Å². The summed E-state index contributed by atoms with van der Waals surface area (Å²) in [6.45, 7) is 2.07. The molecule has 1 aliphatic rings.